The van der Waals surface area contributed by atoms with Crippen molar-refractivity contribution in [2.24, 2.45) is 0 Å². The second-order valence-corrected chi connectivity index (χ2v) is 3.69. The van der Waals surface area contributed by atoms with E-state index in [9.17, 15) is 9.59 Å². The Morgan fingerprint density at radius 3 is 2.88 bits per heavy atom. The minimum atomic E-state index is -0.491. The van der Waals surface area contributed by atoms with Gasteiger partial charge in [-0.15, -0.1) is 0 Å². The largest absolute Gasteiger partial charge is 0.464 e. The van der Waals surface area contributed by atoms with Crippen LogP contribution in [0.4, 0.5) is 0 Å². The van der Waals surface area contributed by atoms with Crippen LogP contribution in [-0.4, -0.2) is 36.0 Å². The Morgan fingerprint density at radius 1 is 1.50 bits per heavy atom. The smallest absolute Gasteiger partial charge is 0.328 e. The van der Waals surface area contributed by atoms with E-state index in [2.05, 4.69) is 0 Å². The lowest BCUT2D eigenvalue weighted by Crippen LogP contribution is -2.48. The molecule has 0 bridgehead atoms. The van der Waals surface area contributed by atoms with Gasteiger partial charge in [-0.05, 0) is 26.2 Å². The van der Waals surface area contributed by atoms with Crippen LogP contribution in [0.2, 0.25) is 0 Å². The normalized spacial score (nSPS) is 20.0. The molecule has 0 aromatic carbocycles. The highest BCUT2D eigenvalue weighted by atomic mass is 16.5. The quantitative estimate of drug-likeness (QED) is 0.666. The van der Waals surface area contributed by atoms with Gasteiger partial charge in [0.1, 0.15) is 12.5 Å². The number of esters is 1. The predicted molar refractivity (Wildman–Crippen MR) is 56.2 cm³/mol. The molecule has 1 saturated heterocycles. The number of nitriles is 1. The van der Waals surface area contributed by atoms with E-state index >= 15 is 0 Å². The maximum Gasteiger partial charge on any atom is 0.328 e. The summed E-state index contributed by atoms with van der Waals surface area (Å²) in [7, 11) is 0. The summed E-state index contributed by atoms with van der Waals surface area (Å²) in [6, 6.07) is 1.32. The zero-order chi connectivity index (χ0) is 12.0. The standard InChI is InChI=1S/C11H16N2O3/c1-2-16-11(15)9-5-3-4-8-13(9)10(14)6-7-12/h9H,2-6,8H2,1H3. The highest BCUT2D eigenvalue weighted by molar-refractivity contribution is 5.85. The molecule has 16 heavy (non-hydrogen) atoms. The van der Waals surface area contributed by atoms with Crippen LogP contribution >= 0.6 is 0 Å². The van der Waals surface area contributed by atoms with Gasteiger partial charge in [0.25, 0.3) is 0 Å². The summed E-state index contributed by atoms with van der Waals surface area (Å²) in [6.07, 6.45) is 2.26. The molecule has 1 fully saturated rings. The van der Waals surface area contributed by atoms with Crippen molar-refractivity contribution in [1.29, 1.82) is 5.26 Å². The molecular formula is C11H16N2O3. The van der Waals surface area contributed by atoms with Crippen LogP contribution in [0, 0.1) is 11.3 Å². The molecule has 0 aliphatic carbocycles. The van der Waals surface area contributed by atoms with E-state index in [0.717, 1.165) is 12.8 Å². The molecule has 1 atom stereocenters. The molecule has 1 aliphatic rings. The van der Waals surface area contributed by atoms with Gasteiger partial charge in [-0.25, -0.2) is 4.79 Å². The Labute approximate surface area is 95.0 Å². The van der Waals surface area contributed by atoms with Gasteiger partial charge >= 0.3 is 5.97 Å². The lowest BCUT2D eigenvalue weighted by molar-refractivity contribution is -0.156. The third-order valence-corrected chi connectivity index (χ3v) is 2.61. The molecule has 5 heteroatoms. The number of carbonyl (C=O) groups is 2. The third-order valence-electron chi connectivity index (χ3n) is 2.61. The number of hydrogen-bond acceptors (Lipinski definition) is 4. The van der Waals surface area contributed by atoms with Crippen LogP contribution in [-0.2, 0) is 14.3 Å². The fourth-order valence-electron chi connectivity index (χ4n) is 1.88. The monoisotopic (exact) mass is 224 g/mol. The van der Waals surface area contributed by atoms with Crippen LogP contribution in [0.15, 0.2) is 0 Å². The average Bonchev–Trinajstić information content (AvgIpc) is 2.30. The van der Waals surface area contributed by atoms with Gasteiger partial charge in [0.2, 0.25) is 5.91 Å². The Balaban J connectivity index is 2.67. The van der Waals surface area contributed by atoms with Gasteiger partial charge in [-0.1, -0.05) is 0 Å². The van der Waals surface area contributed by atoms with E-state index < -0.39 is 6.04 Å². The number of amides is 1. The Hall–Kier alpha value is -1.57. The summed E-state index contributed by atoms with van der Waals surface area (Å²) >= 11 is 0. The zero-order valence-electron chi connectivity index (χ0n) is 9.44. The van der Waals surface area contributed by atoms with Crippen LogP contribution in [0.5, 0.6) is 0 Å². The summed E-state index contributed by atoms with van der Waals surface area (Å²) in [5, 5.41) is 8.48. The van der Waals surface area contributed by atoms with Crippen molar-refractivity contribution in [3.05, 3.63) is 0 Å². The van der Waals surface area contributed by atoms with E-state index in [4.69, 9.17) is 10.00 Å². The molecule has 0 saturated carbocycles. The molecule has 1 aliphatic heterocycles. The van der Waals surface area contributed by atoms with Crippen LogP contribution in [0.1, 0.15) is 32.6 Å². The number of hydrogen-bond donors (Lipinski definition) is 0. The van der Waals surface area contributed by atoms with Crippen molar-refractivity contribution >= 4 is 11.9 Å². The molecule has 1 unspecified atom stereocenters. The van der Waals surface area contributed by atoms with Crippen molar-refractivity contribution < 1.29 is 14.3 Å². The molecule has 0 spiro atoms. The van der Waals surface area contributed by atoms with E-state index in [0.29, 0.717) is 19.6 Å². The number of ether oxygens (including phenoxy) is 1. The number of carbonyl (C=O) groups excluding carboxylic acids is 2. The molecule has 5 nitrogen and oxygen atoms in total. The molecule has 1 amide bonds. The van der Waals surface area contributed by atoms with Crippen molar-refractivity contribution in [1.82, 2.24) is 4.90 Å². The average molecular weight is 224 g/mol. The predicted octanol–water partition coefficient (Wildman–Crippen LogP) is 0.844. The van der Waals surface area contributed by atoms with Gasteiger partial charge in [0, 0.05) is 6.54 Å². The third kappa shape index (κ3) is 2.96. The van der Waals surface area contributed by atoms with Crippen LogP contribution < -0.4 is 0 Å². The maximum atomic E-state index is 11.6. The SMILES string of the molecule is CCOC(=O)C1CCCCN1C(=O)CC#N. The fraction of sp³-hybridized carbons (Fsp3) is 0.727. The topological polar surface area (TPSA) is 70.4 Å². The van der Waals surface area contributed by atoms with Gasteiger partial charge < -0.3 is 9.64 Å². The summed E-state index contributed by atoms with van der Waals surface area (Å²) in [5.41, 5.74) is 0. The minimum Gasteiger partial charge on any atom is -0.464 e. The lowest BCUT2D eigenvalue weighted by atomic mass is 10.0. The highest BCUT2D eigenvalue weighted by Crippen LogP contribution is 2.19. The van der Waals surface area contributed by atoms with Crippen LogP contribution in [0.25, 0.3) is 0 Å². The van der Waals surface area contributed by atoms with Gasteiger partial charge in [-0.2, -0.15) is 5.26 Å². The Bertz CT molecular complexity index is 309. The lowest BCUT2D eigenvalue weighted by Gasteiger charge is -2.33. The number of likely N-dealkylation sites (tertiary alicyclic amines) is 1. The molecule has 0 aromatic rings. The molecule has 1 heterocycles. The zero-order valence-corrected chi connectivity index (χ0v) is 9.44. The fourth-order valence-corrected chi connectivity index (χ4v) is 1.88. The first-order valence-corrected chi connectivity index (χ1v) is 5.53. The van der Waals surface area contributed by atoms with E-state index in [1.165, 1.54) is 4.90 Å². The first kappa shape index (κ1) is 12.5. The van der Waals surface area contributed by atoms with Gasteiger partial charge in [0.05, 0.1) is 12.7 Å². The number of rotatable bonds is 3. The second kappa shape index (κ2) is 6.11. The maximum absolute atomic E-state index is 11.6. The number of piperidine rings is 1. The minimum absolute atomic E-state index is 0.171. The van der Waals surface area contributed by atoms with E-state index in [1.807, 2.05) is 6.07 Å². The second-order valence-electron chi connectivity index (χ2n) is 3.69. The Morgan fingerprint density at radius 2 is 2.25 bits per heavy atom. The molecule has 0 radical (unpaired) electrons. The van der Waals surface area contributed by atoms with Crippen LogP contribution in [0.3, 0.4) is 0 Å². The van der Waals surface area contributed by atoms with Gasteiger partial charge in [0.15, 0.2) is 0 Å². The summed E-state index contributed by atoms with van der Waals surface area (Å²) in [4.78, 5) is 24.7. The van der Waals surface area contributed by atoms with Crippen molar-refractivity contribution in [3.8, 4) is 6.07 Å². The summed E-state index contributed by atoms with van der Waals surface area (Å²) in [5.74, 6) is -0.631. The molecule has 0 N–H and O–H groups in total. The Kier molecular flexibility index (Phi) is 4.77. The first-order chi connectivity index (χ1) is 7.70. The molecule has 88 valence electrons. The summed E-state index contributed by atoms with van der Waals surface area (Å²) < 4.78 is 4.92. The molecular weight excluding hydrogens is 208 g/mol. The highest BCUT2D eigenvalue weighted by Gasteiger charge is 2.32. The van der Waals surface area contributed by atoms with E-state index in [-0.39, 0.29) is 18.3 Å². The van der Waals surface area contributed by atoms with Crippen molar-refractivity contribution in [2.75, 3.05) is 13.2 Å². The van der Waals surface area contributed by atoms with Gasteiger partial charge in [-0.3, -0.25) is 4.79 Å². The first-order valence-electron chi connectivity index (χ1n) is 5.53. The molecule has 1 rings (SSSR count). The van der Waals surface area contributed by atoms with Crippen molar-refractivity contribution in [2.45, 2.75) is 38.6 Å². The summed E-state index contributed by atoms with van der Waals surface area (Å²) in [6.45, 7) is 2.60. The number of nitrogens with zero attached hydrogens (tertiary/aromatic N) is 2. The van der Waals surface area contributed by atoms with E-state index in [1.54, 1.807) is 6.92 Å². The molecule has 0 aromatic heterocycles. The van der Waals surface area contributed by atoms with Crippen molar-refractivity contribution in [3.63, 3.8) is 0 Å².